The van der Waals surface area contributed by atoms with Crippen LogP contribution in [0.5, 0.6) is 0 Å². The zero-order valence-corrected chi connectivity index (χ0v) is 14.4. The van der Waals surface area contributed by atoms with E-state index in [4.69, 9.17) is 5.73 Å². The van der Waals surface area contributed by atoms with Gasteiger partial charge in [0, 0.05) is 12.1 Å². The molecule has 9 heteroatoms. The number of halogens is 1. The number of benzene rings is 1. The second kappa shape index (κ2) is 7.51. The van der Waals surface area contributed by atoms with Crippen LogP contribution in [-0.4, -0.2) is 50.6 Å². The summed E-state index contributed by atoms with van der Waals surface area (Å²) in [5.74, 6) is -0.684. The van der Waals surface area contributed by atoms with Crippen LogP contribution in [0.3, 0.4) is 0 Å². The fraction of sp³-hybridized carbons (Fsp3) is 0.412. The summed E-state index contributed by atoms with van der Waals surface area (Å²) >= 11 is 0. The third-order valence-electron chi connectivity index (χ3n) is 4.40. The Morgan fingerprint density at radius 1 is 1.42 bits per heavy atom. The highest BCUT2D eigenvalue weighted by Gasteiger charge is 2.36. The molecule has 1 aliphatic heterocycles. The average Bonchev–Trinajstić information content (AvgIpc) is 3.22. The van der Waals surface area contributed by atoms with Crippen molar-refractivity contribution >= 4 is 17.6 Å². The van der Waals surface area contributed by atoms with Crippen LogP contribution in [0.25, 0.3) is 0 Å². The van der Waals surface area contributed by atoms with Crippen molar-refractivity contribution in [1.29, 1.82) is 0 Å². The van der Waals surface area contributed by atoms with Crippen molar-refractivity contribution in [3.05, 3.63) is 41.7 Å². The first kappa shape index (κ1) is 17.8. The number of rotatable bonds is 5. The Labute approximate surface area is 150 Å². The number of amides is 3. The Hall–Kier alpha value is -2.97. The van der Waals surface area contributed by atoms with Gasteiger partial charge in [0.05, 0.1) is 25.3 Å². The maximum absolute atomic E-state index is 13.9. The molecule has 8 nitrogen and oxygen atoms in total. The Bertz CT molecular complexity index is 808. The van der Waals surface area contributed by atoms with E-state index in [2.05, 4.69) is 15.6 Å². The van der Waals surface area contributed by atoms with Crippen LogP contribution >= 0.6 is 0 Å². The van der Waals surface area contributed by atoms with Gasteiger partial charge in [-0.05, 0) is 24.1 Å². The second-order valence-corrected chi connectivity index (χ2v) is 6.31. The standard InChI is InChI=1S/C17H21FN6O2/c1-2-11-4-3-5-13(6-11)20-17(26)24-8-12(18)7-14(24)9-23-10-15(16(19)25)21-22-23/h3-6,10,12,14H,2,7-9H2,1H3,(H2,19,25)(H,20,26). The van der Waals surface area contributed by atoms with E-state index < -0.39 is 12.1 Å². The zero-order valence-electron chi connectivity index (χ0n) is 14.4. The molecule has 0 saturated carbocycles. The first-order chi connectivity index (χ1) is 12.5. The molecule has 2 aromatic rings. The SMILES string of the molecule is CCc1cccc(NC(=O)N2CC(F)CC2Cn2cc(C(N)=O)nn2)c1. The number of hydrogen-bond acceptors (Lipinski definition) is 4. The smallest absolute Gasteiger partial charge is 0.322 e. The minimum atomic E-state index is -1.10. The summed E-state index contributed by atoms with van der Waals surface area (Å²) in [6.45, 7) is 2.29. The number of carbonyl (C=O) groups excluding carboxylic acids is 2. The quantitative estimate of drug-likeness (QED) is 0.844. The van der Waals surface area contributed by atoms with Crippen molar-refractivity contribution in [2.24, 2.45) is 5.73 Å². The average molecular weight is 360 g/mol. The van der Waals surface area contributed by atoms with E-state index in [-0.39, 0.29) is 37.3 Å². The lowest BCUT2D eigenvalue weighted by atomic mass is 10.1. The molecule has 0 spiro atoms. The van der Waals surface area contributed by atoms with Gasteiger partial charge < -0.3 is 16.0 Å². The molecule has 3 N–H and O–H groups in total. The van der Waals surface area contributed by atoms with Gasteiger partial charge >= 0.3 is 6.03 Å². The van der Waals surface area contributed by atoms with Gasteiger partial charge in [0.2, 0.25) is 0 Å². The molecular formula is C17H21FN6O2. The van der Waals surface area contributed by atoms with E-state index in [1.165, 1.54) is 15.8 Å². The number of nitrogens with one attached hydrogen (secondary N) is 1. The van der Waals surface area contributed by atoms with E-state index in [1.807, 2.05) is 25.1 Å². The molecule has 1 saturated heterocycles. The number of nitrogens with zero attached hydrogens (tertiary/aromatic N) is 4. The van der Waals surface area contributed by atoms with Crippen molar-refractivity contribution in [2.45, 2.75) is 38.5 Å². The van der Waals surface area contributed by atoms with Crippen LogP contribution < -0.4 is 11.1 Å². The number of anilines is 1. The Morgan fingerprint density at radius 3 is 2.92 bits per heavy atom. The predicted octanol–water partition coefficient (Wildman–Crippen LogP) is 1.58. The minimum absolute atomic E-state index is 0.0152. The molecule has 0 bridgehead atoms. The van der Waals surface area contributed by atoms with Crippen LogP contribution in [0.1, 0.15) is 29.4 Å². The molecule has 0 aliphatic carbocycles. The third-order valence-corrected chi connectivity index (χ3v) is 4.40. The minimum Gasteiger partial charge on any atom is -0.364 e. The number of primary amides is 1. The second-order valence-electron chi connectivity index (χ2n) is 6.31. The lowest BCUT2D eigenvalue weighted by Gasteiger charge is -2.24. The highest BCUT2D eigenvalue weighted by molar-refractivity contribution is 5.90. The van der Waals surface area contributed by atoms with Crippen LogP contribution in [0, 0.1) is 0 Å². The molecule has 26 heavy (non-hydrogen) atoms. The van der Waals surface area contributed by atoms with Crippen molar-refractivity contribution in [3.8, 4) is 0 Å². The van der Waals surface area contributed by atoms with Crippen LogP contribution in [0.4, 0.5) is 14.9 Å². The third kappa shape index (κ3) is 3.98. The highest BCUT2D eigenvalue weighted by Crippen LogP contribution is 2.23. The highest BCUT2D eigenvalue weighted by atomic mass is 19.1. The number of likely N-dealkylation sites (tertiary alicyclic amines) is 1. The monoisotopic (exact) mass is 360 g/mol. The number of alkyl halides is 1. The van der Waals surface area contributed by atoms with Gasteiger partial charge in [-0.2, -0.15) is 0 Å². The lowest BCUT2D eigenvalue weighted by Crippen LogP contribution is -2.41. The number of aromatic nitrogens is 3. The molecule has 1 aromatic carbocycles. The number of hydrogen-bond donors (Lipinski definition) is 2. The molecule has 3 amide bonds. The van der Waals surface area contributed by atoms with E-state index in [0.717, 1.165) is 12.0 Å². The number of urea groups is 1. The Balaban J connectivity index is 1.69. The molecule has 2 heterocycles. The fourth-order valence-corrected chi connectivity index (χ4v) is 3.06. The van der Waals surface area contributed by atoms with Crippen molar-refractivity contribution in [2.75, 3.05) is 11.9 Å². The summed E-state index contributed by atoms with van der Waals surface area (Å²) in [6.07, 6.45) is 1.35. The lowest BCUT2D eigenvalue weighted by molar-refractivity contribution is 0.0995. The van der Waals surface area contributed by atoms with Crippen LogP contribution in [-0.2, 0) is 13.0 Å². The number of aryl methyl sites for hydroxylation is 1. The Kier molecular flexibility index (Phi) is 5.15. The van der Waals surface area contributed by atoms with E-state index >= 15 is 0 Å². The molecular weight excluding hydrogens is 339 g/mol. The Morgan fingerprint density at radius 2 is 2.23 bits per heavy atom. The van der Waals surface area contributed by atoms with E-state index in [0.29, 0.717) is 5.69 Å². The summed E-state index contributed by atoms with van der Waals surface area (Å²) in [5.41, 5.74) is 6.96. The zero-order chi connectivity index (χ0) is 18.7. The van der Waals surface area contributed by atoms with Crippen molar-refractivity contribution in [3.63, 3.8) is 0 Å². The summed E-state index contributed by atoms with van der Waals surface area (Å²) < 4.78 is 15.3. The normalized spacial score (nSPS) is 19.5. The summed E-state index contributed by atoms with van der Waals surface area (Å²) in [6, 6.07) is 6.79. The molecule has 1 aliphatic rings. The topological polar surface area (TPSA) is 106 Å². The summed E-state index contributed by atoms with van der Waals surface area (Å²) in [5, 5.41) is 10.3. The van der Waals surface area contributed by atoms with E-state index in [9.17, 15) is 14.0 Å². The molecule has 138 valence electrons. The molecule has 0 radical (unpaired) electrons. The summed E-state index contributed by atoms with van der Waals surface area (Å²) in [4.78, 5) is 25.2. The van der Waals surface area contributed by atoms with E-state index in [1.54, 1.807) is 6.07 Å². The van der Waals surface area contributed by atoms with Gasteiger partial charge in [-0.1, -0.05) is 24.3 Å². The number of carbonyl (C=O) groups is 2. The predicted molar refractivity (Wildman–Crippen MR) is 93.4 cm³/mol. The van der Waals surface area contributed by atoms with Gasteiger partial charge in [0.15, 0.2) is 5.69 Å². The van der Waals surface area contributed by atoms with Crippen LogP contribution in [0.15, 0.2) is 30.5 Å². The van der Waals surface area contributed by atoms with Gasteiger partial charge in [-0.15, -0.1) is 5.10 Å². The summed E-state index contributed by atoms with van der Waals surface area (Å²) in [7, 11) is 0. The fourth-order valence-electron chi connectivity index (χ4n) is 3.06. The number of nitrogens with two attached hydrogens (primary N) is 1. The largest absolute Gasteiger partial charge is 0.364 e. The first-order valence-corrected chi connectivity index (χ1v) is 8.46. The maximum atomic E-state index is 13.9. The van der Waals surface area contributed by atoms with Gasteiger partial charge in [0.1, 0.15) is 6.17 Å². The molecule has 3 rings (SSSR count). The van der Waals surface area contributed by atoms with Crippen molar-refractivity contribution in [1.82, 2.24) is 19.9 Å². The van der Waals surface area contributed by atoms with Crippen LogP contribution in [0.2, 0.25) is 0 Å². The molecule has 2 atom stereocenters. The molecule has 1 aromatic heterocycles. The van der Waals surface area contributed by atoms with Crippen molar-refractivity contribution < 1.29 is 14.0 Å². The van der Waals surface area contributed by atoms with Gasteiger partial charge in [-0.3, -0.25) is 4.79 Å². The maximum Gasteiger partial charge on any atom is 0.322 e. The van der Waals surface area contributed by atoms with Gasteiger partial charge in [0.25, 0.3) is 5.91 Å². The first-order valence-electron chi connectivity index (χ1n) is 8.46. The van der Waals surface area contributed by atoms with Gasteiger partial charge in [-0.25, -0.2) is 13.9 Å². The molecule has 2 unspecified atom stereocenters. The molecule has 1 fully saturated rings.